The highest BCUT2D eigenvalue weighted by atomic mass is 19.1. The Labute approximate surface area is 109 Å². The number of benzene rings is 1. The van der Waals surface area contributed by atoms with E-state index in [0.717, 1.165) is 5.56 Å². The van der Waals surface area contributed by atoms with Crippen LogP contribution in [0.3, 0.4) is 0 Å². The van der Waals surface area contributed by atoms with E-state index in [1.54, 1.807) is 24.4 Å². The minimum absolute atomic E-state index is 0.0746. The Morgan fingerprint density at radius 3 is 3.05 bits per heavy atom. The van der Waals surface area contributed by atoms with Gasteiger partial charge in [0.2, 0.25) is 5.91 Å². The number of ether oxygens (including phenoxy) is 1. The summed E-state index contributed by atoms with van der Waals surface area (Å²) in [5.41, 5.74) is 2.28. The number of pyridine rings is 1. The van der Waals surface area contributed by atoms with Crippen LogP contribution in [0.2, 0.25) is 0 Å². The Bertz CT molecular complexity index is 670. The highest BCUT2D eigenvalue weighted by Crippen LogP contribution is 2.33. The molecule has 1 N–H and O–H groups in total. The van der Waals surface area contributed by atoms with Gasteiger partial charge in [-0.25, -0.2) is 4.39 Å². The lowest BCUT2D eigenvalue weighted by Crippen LogP contribution is -2.03. The fraction of sp³-hybridized carbons (Fsp3) is 0.143. The number of hydrogen-bond acceptors (Lipinski definition) is 3. The van der Waals surface area contributed by atoms with Crippen molar-refractivity contribution in [2.45, 2.75) is 6.42 Å². The molecule has 96 valence electrons. The number of nitrogens with one attached hydrogen (secondary N) is 1. The van der Waals surface area contributed by atoms with Crippen molar-refractivity contribution in [2.24, 2.45) is 0 Å². The van der Waals surface area contributed by atoms with Gasteiger partial charge in [-0.2, -0.15) is 0 Å². The van der Waals surface area contributed by atoms with Gasteiger partial charge < -0.3 is 10.1 Å². The summed E-state index contributed by atoms with van der Waals surface area (Å²) in [4.78, 5) is 15.5. The maximum atomic E-state index is 13.9. The predicted molar refractivity (Wildman–Crippen MR) is 68.5 cm³/mol. The van der Waals surface area contributed by atoms with Crippen molar-refractivity contribution in [2.75, 3.05) is 12.4 Å². The molecule has 0 aliphatic carbocycles. The average molecular weight is 258 g/mol. The number of carbonyl (C=O) groups is 1. The lowest BCUT2D eigenvalue weighted by molar-refractivity contribution is -0.115. The molecule has 3 rings (SSSR count). The van der Waals surface area contributed by atoms with Gasteiger partial charge in [-0.3, -0.25) is 9.78 Å². The Hall–Kier alpha value is -2.43. The van der Waals surface area contributed by atoms with E-state index < -0.39 is 5.82 Å². The average Bonchev–Trinajstić information content (AvgIpc) is 2.77. The SMILES string of the molecule is COc1cccc(F)c1-c1cc2c(cn1)NC(=O)C2. The van der Waals surface area contributed by atoms with Crippen molar-refractivity contribution < 1.29 is 13.9 Å². The number of amides is 1. The monoisotopic (exact) mass is 258 g/mol. The minimum atomic E-state index is -0.399. The molecule has 0 bridgehead atoms. The van der Waals surface area contributed by atoms with Crippen LogP contribution >= 0.6 is 0 Å². The maximum absolute atomic E-state index is 13.9. The predicted octanol–water partition coefficient (Wildman–Crippen LogP) is 2.39. The van der Waals surface area contributed by atoms with E-state index in [9.17, 15) is 9.18 Å². The summed E-state index contributed by atoms with van der Waals surface area (Å²) in [6.45, 7) is 0. The quantitative estimate of drug-likeness (QED) is 0.899. The molecular weight excluding hydrogens is 247 g/mol. The standard InChI is InChI=1S/C14H11FN2O2/c1-19-12-4-2-3-9(15)14(12)10-5-8-6-13(18)17-11(8)7-16-10/h2-5,7H,6H2,1H3,(H,17,18). The van der Waals surface area contributed by atoms with E-state index in [2.05, 4.69) is 10.3 Å². The van der Waals surface area contributed by atoms with E-state index in [0.29, 0.717) is 29.1 Å². The second kappa shape index (κ2) is 4.35. The van der Waals surface area contributed by atoms with Gasteiger partial charge in [-0.15, -0.1) is 0 Å². The highest BCUT2D eigenvalue weighted by Gasteiger charge is 2.20. The summed E-state index contributed by atoms with van der Waals surface area (Å²) in [5, 5.41) is 2.69. The van der Waals surface area contributed by atoms with Crippen molar-refractivity contribution in [1.82, 2.24) is 4.98 Å². The van der Waals surface area contributed by atoms with Crippen LogP contribution in [-0.2, 0) is 11.2 Å². The Morgan fingerprint density at radius 2 is 2.26 bits per heavy atom. The maximum Gasteiger partial charge on any atom is 0.228 e. The lowest BCUT2D eigenvalue weighted by atomic mass is 10.1. The first-order chi connectivity index (χ1) is 9.19. The van der Waals surface area contributed by atoms with Crippen LogP contribution < -0.4 is 10.1 Å². The first kappa shape index (κ1) is 11.6. The fourth-order valence-corrected chi connectivity index (χ4v) is 2.18. The lowest BCUT2D eigenvalue weighted by Gasteiger charge is -2.09. The number of carbonyl (C=O) groups excluding carboxylic acids is 1. The molecule has 19 heavy (non-hydrogen) atoms. The number of nitrogens with zero attached hydrogens (tertiary/aromatic N) is 1. The molecule has 4 nitrogen and oxygen atoms in total. The van der Waals surface area contributed by atoms with Gasteiger partial charge in [0.05, 0.1) is 36.7 Å². The van der Waals surface area contributed by atoms with E-state index in [1.165, 1.54) is 13.2 Å². The van der Waals surface area contributed by atoms with Gasteiger partial charge in [-0.1, -0.05) is 6.07 Å². The van der Waals surface area contributed by atoms with Crippen molar-refractivity contribution in [3.63, 3.8) is 0 Å². The van der Waals surface area contributed by atoms with Crippen molar-refractivity contribution in [1.29, 1.82) is 0 Å². The second-order valence-corrected chi connectivity index (χ2v) is 4.27. The van der Waals surface area contributed by atoms with Crippen LogP contribution in [0.1, 0.15) is 5.56 Å². The number of rotatable bonds is 2. The Kier molecular flexibility index (Phi) is 2.67. The number of anilines is 1. The summed E-state index contributed by atoms with van der Waals surface area (Å²) in [6, 6.07) is 6.33. The molecule has 0 saturated carbocycles. The zero-order chi connectivity index (χ0) is 13.4. The number of methoxy groups -OCH3 is 1. The molecular formula is C14H11FN2O2. The molecule has 1 aromatic heterocycles. The largest absolute Gasteiger partial charge is 0.496 e. The molecule has 0 atom stereocenters. The molecule has 0 radical (unpaired) electrons. The fourth-order valence-electron chi connectivity index (χ4n) is 2.18. The van der Waals surface area contributed by atoms with Gasteiger partial charge >= 0.3 is 0 Å². The molecule has 0 unspecified atom stereocenters. The number of aromatic nitrogens is 1. The third kappa shape index (κ3) is 1.93. The van der Waals surface area contributed by atoms with Crippen LogP contribution in [0.4, 0.5) is 10.1 Å². The number of fused-ring (bicyclic) bond motifs is 1. The zero-order valence-corrected chi connectivity index (χ0v) is 10.2. The Morgan fingerprint density at radius 1 is 1.42 bits per heavy atom. The summed E-state index contributed by atoms with van der Waals surface area (Å²) in [6.07, 6.45) is 1.84. The highest BCUT2D eigenvalue weighted by molar-refractivity contribution is 5.99. The van der Waals surface area contributed by atoms with Gasteiger partial charge in [0.15, 0.2) is 0 Å². The molecule has 0 saturated heterocycles. The molecule has 2 aromatic rings. The summed E-state index contributed by atoms with van der Waals surface area (Å²) in [5.74, 6) is -0.0525. The topological polar surface area (TPSA) is 51.2 Å². The molecule has 5 heteroatoms. The van der Waals surface area contributed by atoms with E-state index >= 15 is 0 Å². The van der Waals surface area contributed by atoms with E-state index in [-0.39, 0.29) is 5.91 Å². The molecule has 1 aliphatic heterocycles. The summed E-state index contributed by atoms with van der Waals surface area (Å²) < 4.78 is 19.1. The molecule has 2 heterocycles. The van der Waals surface area contributed by atoms with Gasteiger partial charge in [-0.05, 0) is 23.8 Å². The first-order valence-corrected chi connectivity index (χ1v) is 5.80. The van der Waals surface area contributed by atoms with Crippen LogP contribution in [0.5, 0.6) is 5.75 Å². The van der Waals surface area contributed by atoms with E-state index in [4.69, 9.17) is 4.74 Å². The van der Waals surface area contributed by atoms with Crippen LogP contribution in [0, 0.1) is 5.82 Å². The first-order valence-electron chi connectivity index (χ1n) is 5.80. The van der Waals surface area contributed by atoms with Crippen LogP contribution in [0.15, 0.2) is 30.5 Å². The third-order valence-electron chi connectivity index (χ3n) is 3.07. The summed E-state index contributed by atoms with van der Waals surface area (Å²) >= 11 is 0. The minimum Gasteiger partial charge on any atom is -0.496 e. The zero-order valence-electron chi connectivity index (χ0n) is 10.2. The molecule has 1 aromatic carbocycles. The normalized spacial score (nSPS) is 13.1. The molecule has 1 aliphatic rings. The smallest absolute Gasteiger partial charge is 0.228 e. The summed E-state index contributed by atoms with van der Waals surface area (Å²) in [7, 11) is 1.48. The second-order valence-electron chi connectivity index (χ2n) is 4.27. The Balaban J connectivity index is 2.14. The van der Waals surface area contributed by atoms with Gasteiger partial charge in [0.1, 0.15) is 11.6 Å². The molecule has 0 spiro atoms. The number of hydrogen-bond donors (Lipinski definition) is 1. The van der Waals surface area contributed by atoms with Gasteiger partial charge in [0.25, 0.3) is 0 Å². The third-order valence-corrected chi connectivity index (χ3v) is 3.07. The molecule has 0 fully saturated rings. The van der Waals surface area contributed by atoms with Gasteiger partial charge in [0, 0.05) is 0 Å². The van der Waals surface area contributed by atoms with Crippen molar-refractivity contribution >= 4 is 11.6 Å². The van der Waals surface area contributed by atoms with Crippen molar-refractivity contribution in [3.05, 3.63) is 41.8 Å². The van der Waals surface area contributed by atoms with Crippen LogP contribution in [0.25, 0.3) is 11.3 Å². The molecule has 1 amide bonds. The number of halogens is 1. The van der Waals surface area contributed by atoms with E-state index in [1.807, 2.05) is 0 Å². The van der Waals surface area contributed by atoms with Crippen molar-refractivity contribution in [3.8, 4) is 17.0 Å². The van der Waals surface area contributed by atoms with Crippen LogP contribution in [-0.4, -0.2) is 18.0 Å².